The molecule has 2 atom stereocenters. The highest BCUT2D eigenvalue weighted by molar-refractivity contribution is 5.94. The Kier molecular flexibility index (Phi) is 7.49. The van der Waals surface area contributed by atoms with Crippen LogP contribution in [-0.2, 0) is 13.1 Å². The highest BCUT2D eigenvalue weighted by Crippen LogP contribution is 2.55. The van der Waals surface area contributed by atoms with Crippen molar-refractivity contribution in [2.24, 2.45) is 0 Å². The normalized spacial score (nSPS) is 14.8. The van der Waals surface area contributed by atoms with Gasteiger partial charge in [-0.05, 0) is 58.7 Å². The molecular formula is C42H30N2O2. The first kappa shape index (κ1) is 28.6. The first-order chi connectivity index (χ1) is 22.7. The summed E-state index contributed by atoms with van der Waals surface area (Å²) in [5, 5.41) is 2.32. The lowest BCUT2D eigenvalue weighted by Crippen LogP contribution is -2.23. The van der Waals surface area contributed by atoms with Gasteiger partial charge in [0, 0.05) is 33.2 Å². The molecule has 0 saturated carbocycles. The van der Waals surface area contributed by atoms with Crippen LogP contribution in [0.25, 0.3) is 21.8 Å². The fraction of sp³-hybridized carbons (Fsp3) is 0.143. The zero-order valence-electron chi connectivity index (χ0n) is 25.2. The second kappa shape index (κ2) is 12.1. The summed E-state index contributed by atoms with van der Waals surface area (Å²) in [6.45, 7) is 1.28. The summed E-state index contributed by atoms with van der Waals surface area (Å²) >= 11 is 0. The van der Waals surface area contributed by atoms with E-state index in [1.54, 1.807) is 0 Å². The molecule has 4 heteroatoms. The molecule has 2 unspecified atom stereocenters. The van der Waals surface area contributed by atoms with Crippen LogP contribution in [0.4, 0.5) is 0 Å². The number of hydrogen-bond acceptors (Lipinski definition) is 2. The standard InChI is InChI=1S/C42H30N2O2/c1-5-25-43-35-15-11-9-13-33(35)39-38(30-19-23-32(24-20-30)46-28-8-4)42-40(34-14-10-12-16-36(34)44(42)26-6-2)37(41(39)43)29-17-21-31(22-18-29)45-27-7-3/h1-4,9-24,37-38H,25-28H2. The quantitative estimate of drug-likeness (QED) is 0.170. The topological polar surface area (TPSA) is 28.3 Å². The van der Waals surface area contributed by atoms with E-state index in [1.807, 2.05) is 24.3 Å². The lowest BCUT2D eigenvalue weighted by molar-refractivity contribution is 0.370. The van der Waals surface area contributed by atoms with Crippen molar-refractivity contribution < 1.29 is 9.47 Å². The van der Waals surface area contributed by atoms with Crippen molar-refractivity contribution in [3.63, 3.8) is 0 Å². The second-order valence-electron chi connectivity index (χ2n) is 11.2. The summed E-state index contributed by atoms with van der Waals surface area (Å²) in [5.74, 6) is 12.2. The Balaban J connectivity index is 1.59. The van der Waals surface area contributed by atoms with Crippen LogP contribution in [0, 0.1) is 49.4 Å². The van der Waals surface area contributed by atoms with Crippen molar-refractivity contribution in [3.05, 3.63) is 131 Å². The van der Waals surface area contributed by atoms with E-state index in [2.05, 4.69) is 106 Å². The molecule has 4 aromatic carbocycles. The number of hydrogen-bond donors (Lipinski definition) is 0. The summed E-state index contributed by atoms with van der Waals surface area (Å²) in [4.78, 5) is 0. The monoisotopic (exact) mass is 594 g/mol. The SMILES string of the molecule is C#CCOc1ccc(C2c3c(n(CC#C)c4ccccc34)C(c3ccc(OCC#C)cc3)c3c2n(CC#C)c2ccccc32)cc1. The van der Waals surface area contributed by atoms with Gasteiger partial charge in [-0.25, -0.2) is 0 Å². The summed E-state index contributed by atoms with van der Waals surface area (Å²) in [6, 6.07) is 33.5. The first-order valence-electron chi connectivity index (χ1n) is 15.1. The van der Waals surface area contributed by atoms with Crippen molar-refractivity contribution in [1.82, 2.24) is 9.13 Å². The Morgan fingerprint density at radius 2 is 0.891 bits per heavy atom. The van der Waals surface area contributed by atoms with Gasteiger partial charge in [0.2, 0.25) is 0 Å². The predicted molar refractivity (Wildman–Crippen MR) is 185 cm³/mol. The van der Waals surface area contributed by atoms with Crippen molar-refractivity contribution in [2.45, 2.75) is 24.9 Å². The van der Waals surface area contributed by atoms with Crippen LogP contribution in [0.2, 0.25) is 0 Å². The Hall–Kier alpha value is -6.20. The number of para-hydroxylation sites is 2. The maximum Gasteiger partial charge on any atom is 0.148 e. The average molecular weight is 595 g/mol. The number of nitrogens with zero attached hydrogens (tertiary/aromatic N) is 2. The molecule has 0 saturated heterocycles. The van der Waals surface area contributed by atoms with Gasteiger partial charge in [-0.3, -0.25) is 0 Å². The minimum Gasteiger partial charge on any atom is -0.481 e. The summed E-state index contributed by atoms with van der Waals surface area (Å²) in [6.07, 6.45) is 23.0. The number of benzene rings is 4. The molecule has 46 heavy (non-hydrogen) atoms. The largest absolute Gasteiger partial charge is 0.481 e. The van der Waals surface area contributed by atoms with Gasteiger partial charge in [0.1, 0.15) is 24.7 Å². The van der Waals surface area contributed by atoms with Crippen LogP contribution in [0.1, 0.15) is 45.5 Å². The van der Waals surface area contributed by atoms with E-state index in [4.69, 9.17) is 35.2 Å². The van der Waals surface area contributed by atoms with Gasteiger partial charge < -0.3 is 18.6 Å². The molecule has 1 aliphatic rings. The van der Waals surface area contributed by atoms with Crippen molar-refractivity contribution in [2.75, 3.05) is 13.2 Å². The first-order valence-corrected chi connectivity index (χ1v) is 15.1. The van der Waals surface area contributed by atoms with E-state index in [-0.39, 0.29) is 25.0 Å². The lowest BCUT2D eigenvalue weighted by atomic mass is 9.72. The van der Waals surface area contributed by atoms with Gasteiger partial charge in [-0.2, -0.15) is 0 Å². The molecule has 0 spiro atoms. The van der Waals surface area contributed by atoms with Crippen LogP contribution >= 0.6 is 0 Å². The third-order valence-electron chi connectivity index (χ3n) is 8.80. The summed E-state index contributed by atoms with van der Waals surface area (Å²) in [5.41, 5.74) is 9.22. The fourth-order valence-electron chi connectivity index (χ4n) is 7.14. The van der Waals surface area contributed by atoms with E-state index < -0.39 is 0 Å². The van der Waals surface area contributed by atoms with E-state index >= 15 is 0 Å². The number of ether oxygens (including phenoxy) is 2. The Morgan fingerprint density at radius 3 is 1.26 bits per heavy atom. The molecule has 0 aliphatic heterocycles. The minimum atomic E-state index is -0.133. The van der Waals surface area contributed by atoms with Crippen LogP contribution in [0.3, 0.4) is 0 Å². The zero-order chi connectivity index (χ0) is 31.6. The van der Waals surface area contributed by atoms with E-state index in [0.717, 1.165) is 44.4 Å². The number of rotatable bonds is 8. The van der Waals surface area contributed by atoms with Gasteiger partial charge >= 0.3 is 0 Å². The van der Waals surface area contributed by atoms with Gasteiger partial charge in [0.05, 0.1) is 24.9 Å². The third-order valence-corrected chi connectivity index (χ3v) is 8.80. The van der Waals surface area contributed by atoms with Crippen molar-refractivity contribution >= 4 is 21.8 Å². The van der Waals surface area contributed by atoms with Gasteiger partial charge in [-0.15, -0.1) is 25.7 Å². The third kappa shape index (κ3) is 4.57. The predicted octanol–water partition coefficient (Wildman–Crippen LogP) is 7.56. The highest BCUT2D eigenvalue weighted by atomic mass is 16.5. The summed E-state index contributed by atoms with van der Waals surface area (Å²) in [7, 11) is 0. The molecular weight excluding hydrogens is 564 g/mol. The molecule has 0 bridgehead atoms. The van der Waals surface area contributed by atoms with Gasteiger partial charge in [0.25, 0.3) is 0 Å². The average Bonchev–Trinajstić information content (AvgIpc) is 3.59. The maximum absolute atomic E-state index is 6.07. The number of terminal acetylenes is 4. The maximum atomic E-state index is 6.07. The van der Waals surface area contributed by atoms with Crippen LogP contribution in [0.15, 0.2) is 97.1 Å². The van der Waals surface area contributed by atoms with E-state index in [1.165, 1.54) is 22.5 Å². The highest BCUT2D eigenvalue weighted by Gasteiger charge is 2.42. The molecule has 7 rings (SSSR count). The molecule has 0 radical (unpaired) electrons. The fourth-order valence-corrected chi connectivity index (χ4v) is 7.14. The smallest absolute Gasteiger partial charge is 0.148 e. The zero-order valence-corrected chi connectivity index (χ0v) is 25.2. The molecule has 0 amide bonds. The van der Waals surface area contributed by atoms with Crippen molar-refractivity contribution in [3.8, 4) is 60.9 Å². The minimum absolute atomic E-state index is 0.133. The van der Waals surface area contributed by atoms with Crippen molar-refractivity contribution in [1.29, 1.82) is 0 Å². The summed E-state index contributed by atoms with van der Waals surface area (Å²) < 4.78 is 16.1. The Morgan fingerprint density at radius 1 is 0.500 bits per heavy atom. The lowest BCUT2D eigenvalue weighted by Gasteiger charge is -2.33. The molecule has 0 N–H and O–H groups in total. The molecule has 4 nitrogen and oxygen atoms in total. The Bertz CT molecular complexity index is 2090. The van der Waals surface area contributed by atoms with E-state index in [0.29, 0.717) is 13.1 Å². The second-order valence-corrected chi connectivity index (χ2v) is 11.2. The van der Waals surface area contributed by atoms with Crippen LogP contribution in [-0.4, -0.2) is 22.3 Å². The van der Waals surface area contributed by atoms with Gasteiger partial charge in [0.15, 0.2) is 0 Å². The molecule has 6 aromatic rings. The van der Waals surface area contributed by atoms with Crippen LogP contribution < -0.4 is 9.47 Å². The Labute approximate surface area is 269 Å². The number of aromatic nitrogens is 2. The van der Waals surface area contributed by atoms with Gasteiger partial charge in [-0.1, -0.05) is 84.3 Å². The van der Waals surface area contributed by atoms with Crippen LogP contribution in [0.5, 0.6) is 11.5 Å². The molecule has 1 aliphatic carbocycles. The molecule has 2 aromatic heterocycles. The molecule has 2 heterocycles. The van der Waals surface area contributed by atoms with E-state index in [9.17, 15) is 0 Å². The molecule has 220 valence electrons. The molecule has 0 fully saturated rings. The number of fused-ring (bicyclic) bond motifs is 6.